The number of anilines is 2. The lowest BCUT2D eigenvalue weighted by Crippen LogP contribution is -2.18. The van der Waals surface area contributed by atoms with Crippen LogP contribution in [0.25, 0.3) is 5.57 Å². The minimum Gasteiger partial charge on any atom is -0.350 e. The molecule has 2 N–H and O–H groups in total. The molecule has 2 aromatic rings. The van der Waals surface area contributed by atoms with E-state index in [0.29, 0.717) is 29.0 Å². The van der Waals surface area contributed by atoms with Gasteiger partial charge in [-0.3, -0.25) is 4.79 Å². The number of carbonyl (C=O) groups excluding carboxylic acids is 1. The molecule has 0 aliphatic carbocycles. The molecule has 0 bridgehead atoms. The van der Waals surface area contributed by atoms with Crippen molar-refractivity contribution in [3.63, 3.8) is 0 Å². The third-order valence-corrected chi connectivity index (χ3v) is 4.21. The number of rotatable bonds is 4. The van der Waals surface area contributed by atoms with Crippen LogP contribution >= 0.6 is 12.6 Å². The first-order valence-corrected chi connectivity index (χ1v) is 8.03. The Hall–Kier alpha value is -2.53. The molecule has 5 heteroatoms. The number of thiol groups is 1. The van der Waals surface area contributed by atoms with E-state index in [2.05, 4.69) is 29.8 Å². The van der Waals surface area contributed by atoms with Gasteiger partial charge in [-0.1, -0.05) is 24.8 Å². The van der Waals surface area contributed by atoms with Crippen LogP contribution in [0.15, 0.2) is 60.1 Å². The largest absolute Gasteiger partial charge is 0.350 e. The van der Waals surface area contributed by atoms with Gasteiger partial charge in [-0.2, -0.15) is 0 Å². The van der Waals surface area contributed by atoms with Gasteiger partial charge in [0.05, 0.1) is 5.03 Å². The van der Waals surface area contributed by atoms with Crippen LogP contribution in [0.5, 0.6) is 0 Å². The molecule has 24 heavy (non-hydrogen) atoms. The van der Waals surface area contributed by atoms with Gasteiger partial charge in [0.25, 0.3) is 0 Å². The molecule has 1 amide bonds. The molecular formula is C19H17FN2OS. The quantitative estimate of drug-likeness (QED) is 0.562. The molecule has 122 valence electrons. The predicted octanol–water partition coefficient (Wildman–Crippen LogP) is 4.61. The summed E-state index contributed by atoms with van der Waals surface area (Å²) in [5, 5.41) is 6.64. The molecule has 0 radical (unpaired) electrons. The van der Waals surface area contributed by atoms with Crippen molar-refractivity contribution in [3.8, 4) is 0 Å². The number of benzene rings is 2. The maximum Gasteiger partial charge on any atom is 0.224 e. The summed E-state index contributed by atoms with van der Waals surface area (Å²) in [4.78, 5) is 11.4. The van der Waals surface area contributed by atoms with Gasteiger partial charge in [-0.05, 0) is 47.9 Å². The molecule has 0 saturated heterocycles. The van der Waals surface area contributed by atoms with Crippen LogP contribution in [-0.2, 0) is 11.2 Å². The van der Waals surface area contributed by atoms with Crippen molar-refractivity contribution in [2.75, 3.05) is 10.6 Å². The Morgan fingerprint density at radius 2 is 2.08 bits per heavy atom. The summed E-state index contributed by atoms with van der Waals surface area (Å²) in [5.74, 6) is -0.268. The maximum atomic E-state index is 13.4. The first-order valence-electron chi connectivity index (χ1n) is 7.58. The number of hydrogen-bond acceptors (Lipinski definition) is 3. The van der Waals surface area contributed by atoms with Gasteiger partial charge in [0.1, 0.15) is 5.82 Å². The van der Waals surface area contributed by atoms with Crippen LogP contribution in [0.1, 0.15) is 17.5 Å². The molecular weight excluding hydrogens is 323 g/mol. The first kappa shape index (κ1) is 16.3. The fourth-order valence-electron chi connectivity index (χ4n) is 2.67. The highest BCUT2D eigenvalue weighted by atomic mass is 32.1. The standard InChI is InChI=1S/C19H17FN2OS/c1-2-16(12-4-3-5-14(20)10-12)19(24)21-15-7-8-17-13(11-15)6-9-18(23)22-17/h2-5,7-8,10-11,21,24H,1,6,9H2,(H,22,23)/b19-16+. The number of carbonyl (C=O) groups is 1. The number of halogens is 1. The zero-order chi connectivity index (χ0) is 17.1. The molecule has 1 heterocycles. The van der Waals surface area contributed by atoms with Crippen LogP contribution in [0.4, 0.5) is 15.8 Å². The Morgan fingerprint density at radius 3 is 2.83 bits per heavy atom. The summed E-state index contributed by atoms with van der Waals surface area (Å²) in [5.41, 5.74) is 4.18. The summed E-state index contributed by atoms with van der Waals surface area (Å²) >= 11 is 4.51. The lowest BCUT2D eigenvalue weighted by molar-refractivity contribution is -0.116. The molecule has 1 aliphatic rings. The topological polar surface area (TPSA) is 41.1 Å². The summed E-state index contributed by atoms with van der Waals surface area (Å²) < 4.78 is 13.4. The highest BCUT2D eigenvalue weighted by Crippen LogP contribution is 2.29. The minimum atomic E-state index is -0.308. The third kappa shape index (κ3) is 3.51. The van der Waals surface area contributed by atoms with Crippen molar-refractivity contribution in [1.82, 2.24) is 0 Å². The fraction of sp³-hybridized carbons (Fsp3) is 0.105. The number of fused-ring (bicyclic) bond motifs is 1. The summed E-state index contributed by atoms with van der Waals surface area (Å²) in [6, 6.07) is 12.0. The summed E-state index contributed by atoms with van der Waals surface area (Å²) in [7, 11) is 0. The second-order valence-corrected chi connectivity index (χ2v) is 5.97. The monoisotopic (exact) mass is 340 g/mol. The van der Waals surface area contributed by atoms with E-state index in [9.17, 15) is 9.18 Å². The SMILES string of the molecule is C=C/C(=C(\S)Nc1ccc2c(c1)CCC(=O)N2)c1cccc(F)c1. The van der Waals surface area contributed by atoms with Crippen molar-refractivity contribution in [1.29, 1.82) is 0 Å². The maximum absolute atomic E-state index is 13.4. The molecule has 0 spiro atoms. The van der Waals surface area contributed by atoms with Gasteiger partial charge in [0.15, 0.2) is 0 Å². The molecule has 0 fully saturated rings. The number of nitrogens with one attached hydrogen (secondary N) is 2. The fourth-order valence-corrected chi connectivity index (χ4v) is 3.02. The Morgan fingerprint density at radius 1 is 1.25 bits per heavy atom. The van der Waals surface area contributed by atoms with Crippen molar-refractivity contribution in [3.05, 3.63) is 77.1 Å². The normalized spacial score (nSPS) is 14.3. The molecule has 3 nitrogen and oxygen atoms in total. The molecule has 0 saturated carbocycles. The van der Waals surface area contributed by atoms with Crippen LogP contribution in [-0.4, -0.2) is 5.91 Å². The van der Waals surface area contributed by atoms with Gasteiger partial charge >= 0.3 is 0 Å². The van der Waals surface area contributed by atoms with Gasteiger partial charge in [-0.15, -0.1) is 12.6 Å². The van der Waals surface area contributed by atoms with E-state index in [1.54, 1.807) is 18.2 Å². The van der Waals surface area contributed by atoms with Crippen LogP contribution in [0.2, 0.25) is 0 Å². The van der Waals surface area contributed by atoms with Gasteiger partial charge < -0.3 is 10.6 Å². The van der Waals surface area contributed by atoms with Crippen molar-refractivity contribution < 1.29 is 9.18 Å². The summed E-state index contributed by atoms with van der Waals surface area (Å²) in [6.07, 6.45) is 2.84. The van der Waals surface area contributed by atoms with Gasteiger partial charge in [0, 0.05) is 23.4 Å². The first-order chi connectivity index (χ1) is 11.6. The zero-order valence-electron chi connectivity index (χ0n) is 13.0. The second-order valence-electron chi connectivity index (χ2n) is 5.52. The van der Waals surface area contributed by atoms with E-state index in [1.165, 1.54) is 12.1 Å². The lowest BCUT2D eigenvalue weighted by atomic mass is 10.0. The zero-order valence-corrected chi connectivity index (χ0v) is 13.9. The van der Waals surface area contributed by atoms with Crippen molar-refractivity contribution in [2.45, 2.75) is 12.8 Å². The molecule has 3 rings (SSSR count). The number of hydrogen-bond donors (Lipinski definition) is 3. The van der Waals surface area contributed by atoms with E-state index in [0.717, 1.165) is 16.9 Å². The minimum absolute atomic E-state index is 0.0398. The Kier molecular flexibility index (Phi) is 4.71. The second kappa shape index (κ2) is 6.93. The number of allylic oxidation sites excluding steroid dienone is 2. The number of amides is 1. The molecule has 0 aromatic heterocycles. The predicted molar refractivity (Wildman–Crippen MR) is 99.5 cm³/mol. The average molecular weight is 340 g/mol. The Balaban J connectivity index is 1.89. The van der Waals surface area contributed by atoms with Crippen molar-refractivity contribution >= 4 is 35.5 Å². The third-order valence-electron chi connectivity index (χ3n) is 3.86. The average Bonchev–Trinajstić information content (AvgIpc) is 2.56. The van der Waals surface area contributed by atoms with Crippen LogP contribution < -0.4 is 10.6 Å². The van der Waals surface area contributed by atoms with Gasteiger partial charge in [-0.25, -0.2) is 4.39 Å². The van der Waals surface area contributed by atoms with E-state index in [4.69, 9.17) is 0 Å². The number of aryl methyl sites for hydroxylation is 1. The molecule has 0 atom stereocenters. The van der Waals surface area contributed by atoms with Crippen LogP contribution in [0, 0.1) is 5.82 Å². The Labute approximate surface area is 145 Å². The lowest BCUT2D eigenvalue weighted by Gasteiger charge is -2.18. The van der Waals surface area contributed by atoms with E-state index in [1.807, 2.05) is 18.2 Å². The van der Waals surface area contributed by atoms with Crippen LogP contribution in [0.3, 0.4) is 0 Å². The van der Waals surface area contributed by atoms with E-state index >= 15 is 0 Å². The van der Waals surface area contributed by atoms with Crippen molar-refractivity contribution in [2.24, 2.45) is 0 Å². The van der Waals surface area contributed by atoms with E-state index < -0.39 is 0 Å². The highest BCUT2D eigenvalue weighted by Gasteiger charge is 2.15. The Bertz CT molecular complexity index is 845. The molecule has 2 aromatic carbocycles. The molecule has 0 unspecified atom stereocenters. The van der Waals surface area contributed by atoms with Gasteiger partial charge in [0.2, 0.25) is 5.91 Å². The summed E-state index contributed by atoms with van der Waals surface area (Å²) in [6.45, 7) is 3.79. The van der Waals surface area contributed by atoms with E-state index in [-0.39, 0.29) is 11.7 Å². The highest BCUT2D eigenvalue weighted by molar-refractivity contribution is 7.84. The smallest absolute Gasteiger partial charge is 0.224 e. The molecule has 1 aliphatic heterocycles.